The van der Waals surface area contributed by atoms with E-state index in [-0.39, 0.29) is 16.9 Å². The van der Waals surface area contributed by atoms with Gasteiger partial charge in [0.25, 0.3) is 0 Å². The Morgan fingerprint density at radius 3 is 1.62 bits per heavy atom. The average Bonchev–Trinajstić information content (AvgIpc) is 2.54. The Morgan fingerprint density at radius 1 is 0.875 bits per heavy atom. The summed E-state index contributed by atoms with van der Waals surface area (Å²) in [6, 6.07) is 10.9. The van der Waals surface area contributed by atoms with E-state index in [9.17, 15) is 10.2 Å². The molecular formula is C20H26O4. The molecule has 0 saturated carbocycles. The molecule has 2 aromatic rings. The van der Waals surface area contributed by atoms with Gasteiger partial charge in [0.15, 0.2) is 23.0 Å². The maximum Gasteiger partial charge on any atom is 0.160 e. The molecule has 130 valence electrons. The molecule has 0 unspecified atom stereocenters. The molecule has 0 aliphatic heterocycles. The lowest BCUT2D eigenvalue weighted by Crippen LogP contribution is -2.26. The van der Waals surface area contributed by atoms with E-state index in [1.807, 2.05) is 24.3 Å². The highest BCUT2D eigenvalue weighted by Gasteiger charge is 2.31. The zero-order valence-corrected chi connectivity index (χ0v) is 15.0. The molecule has 4 heteroatoms. The first-order chi connectivity index (χ1) is 11.3. The molecule has 0 spiro atoms. The second-order valence-electron chi connectivity index (χ2n) is 6.70. The molecule has 0 aliphatic rings. The van der Waals surface area contributed by atoms with Gasteiger partial charge in [0.05, 0.1) is 14.2 Å². The molecule has 0 aliphatic carbocycles. The van der Waals surface area contributed by atoms with Gasteiger partial charge in [0, 0.05) is 5.41 Å². The summed E-state index contributed by atoms with van der Waals surface area (Å²) in [6.45, 7) is 6.51. The number of hydrogen-bond donors (Lipinski definition) is 2. The molecule has 2 aromatic carbocycles. The quantitative estimate of drug-likeness (QED) is 0.820. The number of phenols is 2. The minimum atomic E-state index is -0.309. The Labute approximate surface area is 143 Å². The molecule has 2 rings (SSSR count). The molecule has 0 fully saturated rings. The lowest BCUT2D eigenvalue weighted by molar-refractivity contribution is 0.365. The van der Waals surface area contributed by atoms with Crippen LogP contribution in [-0.4, -0.2) is 24.4 Å². The minimum Gasteiger partial charge on any atom is -0.504 e. The molecule has 0 atom stereocenters. The van der Waals surface area contributed by atoms with Crippen LogP contribution in [0.1, 0.15) is 38.3 Å². The van der Waals surface area contributed by atoms with Crippen molar-refractivity contribution >= 4 is 0 Å². The Morgan fingerprint density at radius 2 is 1.29 bits per heavy atom. The van der Waals surface area contributed by atoms with Crippen molar-refractivity contribution in [1.29, 1.82) is 0 Å². The smallest absolute Gasteiger partial charge is 0.160 e. The third-order valence-electron chi connectivity index (χ3n) is 4.45. The second kappa shape index (κ2) is 7.04. The summed E-state index contributed by atoms with van der Waals surface area (Å²) in [5.41, 5.74) is 1.77. The topological polar surface area (TPSA) is 58.9 Å². The zero-order valence-electron chi connectivity index (χ0n) is 15.0. The SMILES string of the molecule is COc1cc(C(C)(CC(C)C)c2ccc(O)c(OC)c2)ccc1O. The molecule has 24 heavy (non-hydrogen) atoms. The first-order valence-electron chi connectivity index (χ1n) is 8.06. The Bertz CT molecular complexity index is 653. The summed E-state index contributed by atoms with van der Waals surface area (Å²) in [6.07, 6.45) is 0.898. The van der Waals surface area contributed by atoms with Gasteiger partial charge in [-0.3, -0.25) is 0 Å². The van der Waals surface area contributed by atoms with E-state index >= 15 is 0 Å². The third-order valence-corrected chi connectivity index (χ3v) is 4.45. The largest absolute Gasteiger partial charge is 0.504 e. The number of methoxy groups -OCH3 is 2. The normalized spacial score (nSPS) is 11.6. The monoisotopic (exact) mass is 330 g/mol. The van der Waals surface area contributed by atoms with Crippen LogP contribution in [0.3, 0.4) is 0 Å². The van der Waals surface area contributed by atoms with E-state index < -0.39 is 0 Å². The molecule has 0 aromatic heterocycles. The van der Waals surface area contributed by atoms with Gasteiger partial charge in [-0.2, -0.15) is 0 Å². The number of hydrogen-bond acceptors (Lipinski definition) is 4. The fourth-order valence-corrected chi connectivity index (χ4v) is 3.26. The van der Waals surface area contributed by atoms with Crippen molar-refractivity contribution in [3.63, 3.8) is 0 Å². The lowest BCUT2D eigenvalue weighted by Gasteiger charge is -2.33. The van der Waals surface area contributed by atoms with E-state index in [1.54, 1.807) is 26.4 Å². The summed E-state index contributed by atoms with van der Waals surface area (Å²) in [5, 5.41) is 19.8. The summed E-state index contributed by atoms with van der Waals surface area (Å²) in [7, 11) is 3.09. The van der Waals surface area contributed by atoms with E-state index in [0.29, 0.717) is 17.4 Å². The zero-order chi connectivity index (χ0) is 17.9. The van der Waals surface area contributed by atoms with Crippen LogP contribution in [0.5, 0.6) is 23.0 Å². The van der Waals surface area contributed by atoms with Crippen molar-refractivity contribution in [2.75, 3.05) is 14.2 Å². The fourth-order valence-electron chi connectivity index (χ4n) is 3.26. The summed E-state index contributed by atoms with van der Waals surface area (Å²) in [4.78, 5) is 0. The Balaban J connectivity index is 2.62. The predicted octanol–water partition coefficient (Wildman–Crippen LogP) is 4.47. The van der Waals surface area contributed by atoms with Crippen molar-refractivity contribution in [3.05, 3.63) is 47.5 Å². The van der Waals surface area contributed by atoms with Crippen molar-refractivity contribution in [1.82, 2.24) is 0 Å². The summed E-state index contributed by atoms with van der Waals surface area (Å²) < 4.78 is 10.5. The van der Waals surface area contributed by atoms with Crippen molar-refractivity contribution in [3.8, 4) is 23.0 Å². The van der Waals surface area contributed by atoms with Gasteiger partial charge in [-0.15, -0.1) is 0 Å². The van der Waals surface area contributed by atoms with E-state index in [2.05, 4.69) is 20.8 Å². The molecule has 0 heterocycles. The number of phenolic OH excluding ortho intramolecular Hbond substituents is 2. The molecule has 0 amide bonds. The fraction of sp³-hybridized carbons (Fsp3) is 0.400. The van der Waals surface area contributed by atoms with E-state index in [0.717, 1.165) is 17.5 Å². The molecule has 0 saturated heterocycles. The van der Waals surface area contributed by atoms with E-state index in [1.165, 1.54) is 0 Å². The third kappa shape index (κ3) is 3.42. The van der Waals surface area contributed by atoms with Crippen molar-refractivity contribution < 1.29 is 19.7 Å². The molecule has 4 nitrogen and oxygen atoms in total. The van der Waals surface area contributed by atoms with Gasteiger partial charge < -0.3 is 19.7 Å². The van der Waals surface area contributed by atoms with Crippen LogP contribution in [0, 0.1) is 5.92 Å². The minimum absolute atomic E-state index is 0.122. The van der Waals surface area contributed by atoms with Crippen LogP contribution in [0.25, 0.3) is 0 Å². The molecule has 0 radical (unpaired) electrons. The van der Waals surface area contributed by atoms with Gasteiger partial charge in [0.2, 0.25) is 0 Å². The van der Waals surface area contributed by atoms with Crippen molar-refractivity contribution in [2.24, 2.45) is 5.92 Å². The average molecular weight is 330 g/mol. The first-order valence-corrected chi connectivity index (χ1v) is 8.06. The van der Waals surface area contributed by atoms with Crippen LogP contribution in [0.2, 0.25) is 0 Å². The highest BCUT2D eigenvalue weighted by atomic mass is 16.5. The predicted molar refractivity (Wildman–Crippen MR) is 95.2 cm³/mol. The summed E-state index contributed by atoms with van der Waals surface area (Å²) in [5.74, 6) is 1.60. The molecular weight excluding hydrogens is 304 g/mol. The Kier molecular flexibility index (Phi) is 5.27. The standard InChI is InChI=1S/C20H26O4/c1-13(2)12-20(3,14-6-8-16(21)18(10-14)23-4)15-7-9-17(22)19(11-15)24-5/h6-11,13,21-22H,12H2,1-5H3. The highest BCUT2D eigenvalue weighted by Crippen LogP contribution is 2.43. The highest BCUT2D eigenvalue weighted by molar-refractivity contribution is 5.51. The van der Waals surface area contributed by atoms with Crippen LogP contribution >= 0.6 is 0 Å². The second-order valence-corrected chi connectivity index (χ2v) is 6.70. The van der Waals surface area contributed by atoms with Crippen molar-refractivity contribution in [2.45, 2.75) is 32.6 Å². The summed E-state index contributed by atoms with van der Waals surface area (Å²) >= 11 is 0. The number of aromatic hydroxyl groups is 2. The van der Waals surface area contributed by atoms with Gasteiger partial charge in [0.1, 0.15) is 0 Å². The van der Waals surface area contributed by atoms with E-state index in [4.69, 9.17) is 9.47 Å². The van der Waals surface area contributed by atoms with Gasteiger partial charge in [-0.05, 0) is 47.7 Å². The van der Waals surface area contributed by atoms with Gasteiger partial charge >= 0.3 is 0 Å². The van der Waals surface area contributed by atoms with Gasteiger partial charge in [-0.1, -0.05) is 32.9 Å². The van der Waals surface area contributed by atoms with Gasteiger partial charge in [-0.25, -0.2) is 0 Å². The first kappa shape index (κ1) is 18.0. The molecule has 2 N–H and O–H groups in total. The maximum absolute atomic E-state index is 9.89. The van der Waals surface area contributed by atoms with Crippen LogP contribution in [0.15, 0.2) is 36.4 Å². The number of ether oxygens (including phenoxy) is 2. The van der Waals surface area contributed by atoms with Crippen LogP contribution in [0.4, 0.5) is 0 Å². The van der Waals surface area contributed by atoms with Crippen LogP contribution < -0.4 is 9.47 Å². The van der Waals surface area contributed by atoms with Crippen LogP contribution in [-0.2, 0) is 5.41 Å². The maximum atomic E-state index is 9.89. The lowest BCUT2D eigenvalue weighted by atomic mass is 9.71. The number of rotatable bonds is 6. The molecule has 0 bridgehead atoms. The number of benzene rings is 2. The Hall–Kier alpha value is -2.36.